The number of aliphatic carboxylic acids is 1. The van der Waals surface area contributed by atoms with Gasteiger partial charge in [0.2, 0.25) is 5.88 Å². The molecule has 10 heteroatoms. The fourth-order valence-electron chi connectivity index (χ4n) is 1.25. The van der Waals surface area contributed by atoms with Gasteiger partial charge in [0.15, 0.2) is 5.43 Å². The topological polar surface area (TPSA) is 79.4 Å². The Hall–Kier alpha value is -2.13. The Labute approximate surface area is 101 Å². The molecule has 1 aromatic heterocycles. The molecule has 0 amide bonds. The van der Waals surface area contributed by atoms with Gasteiger partial charge in [0.05, 0.1) is 17.5 Å². The number of hydrogen-bond donors (Lipinski definition) is 2. The number of rotatable bonds is 4. The van der Waals surface area contributed by atoms with Crippen LogP contribution >= 0.6 is 0 Å². The van der Waals surface area contributed by atoms with Gasteiger partial charge in [-0.3, -0.25) is 9.59 Å². The zero-order chi connectivity index (χ0) is 14.8. The lowest BCUT2D eigenvalue weighted by molar-refractivity contribution is -0.276. The fourth-order valence-corrected chi connectivity index (χ4v) is 1.25. The summed E-state index contributed by atoms with van der Waals surface area (Å²) < 4.78 is 64.2. The van der Waals surface area contributed by atoms with Crippen molar-refractivity contribution in [2.75, 3.05) is 0 Å². The van der Waals surface area contributed by atoms with E-state index in [1.807, 2.05) is 0 Å². The van der Waals surface area contributed by atoms with Crippen molar-refractivity contribution in [2.24, 2.45) is 0 Å². The smallest absolute Gasteiger partial charge is 0.481 e. The van der Waals surface area contributed by atoms with E-state index in [2.05, 4.69) is 4.74 Å². The Bertz CT molecular complexity index is 536. The van der Waals surface area contributed by atoms with Crippen molar-refractivity contribution in [3.8, 4) is 5.88 Å². The van der Waals surface area contributed by atoms with Crippen LogP contribution in [-0.2, 0) is 11.2 Å². The highest BCUT2D eigenvalue weighted by molar-refractivity contribution is 5.71. The molecule has 1 heterocycles. The molecule has 0 aliphatic carbocycles. The van der Waals surface area contributed by atoms with Crippen molar-refractivity contribution in [1.82, 2.24) is 4.98 Å². The molecule has 2 N–H and O–H groups in total. The largest absolute Gasteiger partial charge is 0.574 e. The molecule has 0 saturated heterocycles. The lowest BCUT2D eigenvalue weighted by Gasteiger charge is -2.12. The van der Waals surface area contributed by atoms with Crippen molar-refractivity contribution in [1.29, 1.82) is 0 Å². The number of halogens is 5. The van der Waals surface area contributed by atoms with Crippen molar-refractivity contribution >= 4 is 5.97 Å². The van der Waals surface area contributed by atoms with Gasteiger partial charge in [0.25, 0.3) is 6.43 Å². The van der Waals surface area contributed by atoms with E-state index >= 15 is 0 Å². The van der Waals surface area contributed by atoms with Crippen molar-refractivity contribution in [2.45, 2.75) is 19.2 Å². The number of nitrogens with one attached hydrogen (secondary N) is 1. The van der Waals surface area contributed by atoms with Gasteiger partial charge < -0.3 is 14.8 Å². The minimum absolute atomic E-state index is 0.347. The average Bonchev–Trinajstić information content (AvgIpc) is 2.20. The molecule has 0 spiro atoms. The SMILES string of the molecule is O=C(O)Cc1c(OC(F)(F)F)[nH]cc(C(F)F)c1=O. The molecule has 0 saturated carbocycles. The molecule has 106 valence electrons. The summed E-state index contributed by atoms with van der Waals surface area (Å²) in [5.41, 5.74) is -3.66. The van der Waals surface area contributed by atoms with Crippen LogP contribution in [0.4, 0.5) is 22.0 Å². The summed E-state index contributed by atoms with van der Waals surface area (Å²) >= 11 is 0. The standard InChI is InChI=1S/C9H6F5NO4/c10-7(11)4-2-15-8(19-9(12,13)14)3(6(4)18)1-5(16)17/h2,7H,1H2,(H,15,18)(H,16,17). The van der Waals surface area contributed by atoms with Gasteiger partial charge in [-0.2, -0.15) is 0 Å². The second kappa shape index (κ2) is 5.24. The predicted molar refractivity (Wildman–Crippen MR) is 50.0 cm³/mol. The molecule has 0 atom stereocenters. The monoisotopic (exact) mass is 287 g/mol. The first kappa shape index (κ1) is 14.9. The van der Waals surface area contributed by atoms with E-state index in [1.165, 1.54) is 0 Å². The Kier molecular flexibility index (Phi) is 4.12. The Morgan fingerprint density at radius 2 is 2.00 bits per heavy atom. The minimum Gasteiger partial charge on any atom is -0.481 e. The predicted octanol–water partition coefficient (Wildman–Crippen LogP) is 1.84. The summed E-state index contributed by atoms with van der Waals surface area (Å²) in [6.45, 7) is 0. The van der Waals surface area contributed by atoms with Crippen LogP contribution in [0.3, 0.4) is 0 Å². The molecule has 0 unspecified atom stereocenters. The number of ether oxygens (including phenoxy) is 1. The lowest BCUT2D eigenvalue weighted by atomic mass is 10.1. The van der Waals surface area contributed by atoms with E-state index in [1.54, 1.807) is 4.98 Å². The van der Waals surface area contributed by atoms with Gasteiger partial charge in [-0.1, -0.05) is 0 Å². The zero-order valence-electron chi connectivity index (χ0n) is 8.92. The highest BCUT2D eigenvalue weighted by Crippen LogP contribution is 2.25. The first-order valence-corrected chi connectivity index (χ1v) is 4.62. The van der Waals surface area contributed by atoms with Gasteiger partial charge >= 0.3 is 12.3 Å². The third-order valence-corrected chi connectivity index (χ3v) is 1.95. The van der Waals surface area contributed by atoms with Crippen LogP contribution in [0.5, 0.6) is 5.88 Å². The maximum Gasteiger partial charge on any atom is 0.574 e. The zero-order valence-corrected chi connectivity index (χ0v) is 8.92. The molecule has 5 nitrogen and oxygen atoms in total. The van der Waals surface area contributed by atoms with E-state index in [0.717, 1.165) is 0 Å². The van der Waals surface area contributed by atoms with E-state index in [4.69, 9.17) is 5.11 Å². The summed E-state index contributed by atoms with van der Waals surface area (Å²) in [6.07, 6.45) is -9.28. The van der Waals surface area contributed by atoms with E-state index in [9.17, 15) is 31.5 Å². The van der Waals surface area contributed by atoms with Gasteiger partial charge in [-0.25, -0.2) is 8.78 Å². The third kappa shape index (κ3) is 3.93. The van der Waals surface area contributed by atoms with Gasteiger partial charge in [0.1, 0.15) is 0 Å². The second-order valence-corrected chi connectivity index (χ2v) is 3.30. The second-order valence-electron chi connectivity index (χ2n) is 3.30. The van der Waals surface area contributed by atoms with Gasteiger partial charge in [-0.05, 0) is 0 Å². The summed E-state index contributed by atoms with van der Waals surface area (Å²) in [4.78, 5) is 23.6. The summed E-state index contributed by atoms with van der Waals surface area (Å²) in [6, 6.07) is 0. The average molecular weight is 287 g/mol. The van der Waals surface area contributed by atoms with Gasteiger partial charge in [-0.15, -0.1) is 13.2 Å². The highest BCUT2D eigenvalue weighted by Gasteiger charge is 2.34. The number of carbonyl (C=O) groups is 1. The molecule has 19 heavy (non-hydrogen) atoms. The van der Waals surface area contributed by atoms with Crippen LogP contribution in [0.25, 0.3) is 0 Å². The highest BCUT2D eigenvalue weighted by atomic mass is 19.4. The van der Waals surface area contributed by atoms with Crippen LogP contribution in [0.1, 0.15) is 17.6 Å². The molecule has 0 aromatic carbocycles. The van der Waals surface area contributed by atoms with E-state index in [-0.39, 0.29) is 0 Å². The van der Waals surface area contributed by atoms with Crippen LogP contribution in [-0.4, -0.2) is 22.4 Å². The van der Waals surface area contributed by atoms with Crippen molar-refractivity contribution in [3.05, 3.63) is 27.5 Å². The van der Waals surface area contributed by atoms with E-state index < -0.39 is 47.6 Å². The first-order valence-electron chi connectivity index (χ1n) is 4.62. The number of pyridine rings is 1. The summed E-state index contributed by atoms with van der Waals surface area (Å²) in [5.74, 6) is -2.88. The quantitative estimate of drug-likeness (QED) is 0.828. The molecule has 0 aliphatic heterocycles. The minimum atomic E-state index is -5.19. The molecule has 0 aliphatic rings. The molecule has 0 fully saturated rings. The summed E-state index contributed by atoms with van der Waals surface area (Å²) in [7, 11) is 0. The Morgan fingerprint density at radius 1 is 1.42 bits per heavy atom. The van der Waals surface area contributed by atoms with Gasteiger partial charge in [0, 0.05) is 6.20 Å². The van der Waals surface area contributed by atoms with Crippen LogP contribution < -0.4 is 10.2 Å². The van der Waals surface area contributed by atoms with Crippen molar-refractivity contribution < 1.29 is 36.6 Å². The molecule has 0 bridgehead atoms. The molecular weight excluding hydrogens is 281 g/mol. The number of hydrogen-bond acceptors (Lipinski definition) is 3. The molecule has 0 radical (unpaired) electrons. The fraction of sp³-hybridized carbons (Fsp3) is 0.333. The summed E-state index contributed by atoms with van der Waals surface area (Å²) in [5, 5.41) is 8.47. The third-order valence-electron chi connectivity index (χ3n) is 1.95. The number of carboxylic acids is 1. The van der Waals surface area contributed by atoms with Crippen LogP contribution in [0.2, 0.25) is 0 Å². The van der Waals surface area contributed by atoms with Crippen LogP contribution in [0, 0.1) is 0 Å². The molecule has 1 aromatic rings. The maximum atomic E-state index is 12.4. The normalized spacial score (nSPS) is 11.7. The molecule has 1 rings (SSSR count). The lowest BCUT2D eigenvalue weighted by Crippen LogP contribution is -2.25. The number of H-pyrrole nitrogens is 1. The number of aromatic nitrogens is 1. The first-order chi connectivity index (χ1) is 8.61. The Morgan fingerprint density at radius 3 is 2.42 bits per heavy atom. The number of aromatic amines is 1. The van der Waals surface area contributed by atoms with Crippen LogP contribution in [0.15, 0.2) is 11.0 Å². The van der Waals surface area contributed by atoms with Crippen molar-refractivity contribution in [3.63, 3.8) is 0 Å². The van der Waals surface area contributed by atoms with E-state index in [0.29, 0.717) is 6.20 Å². The maximum absolute atomic E-state index is 12.4. The number of carboxylic acid groups (broad SMARTS) is 1. The molecular formula is C9H6F5NO4. The Balaban J connectivity index is 3.35. The number of alkyl halides is 5.